The normalized spacial score (nSPS) is 16.1. The largest absolute Gasteiger partial charge is 0.444 e. The van der Waals surface area contributed by atoms with Crippen molar-refractivity contribution in [3.63, 3.8) is 0 Å². The number of carbonyl (C=O) groups excluding carboxylic acids is 1. The van der Waals surface area contributed by atoms with Crippen molar-refractivity contribution in [2.45, 2.75) is 26.4 Å². The van der Waals surface area contributed by atoms with Crippen LogP contribution < -0.4 is 5.32 Å². The molecule has 14 heavy (non-hydrogen) atoms. The molecule has 3 nitrogen and oxygen atoms in total. The molecule has 0 spiro atoms. The summed E-state index contributed by atoms with van der Waals surface area (Å²) in [6.45, 7) is 5.53. The molecule has 0 aromatic heterocycles. The van der Waals surface area contributed by atoms with Crippen LogP contribution in [0.5, 0.6) is 0 Å². The highest BCUT2D eigenvalue weighted by atomic mass is 32.2. The maximum atomic E-state index is 11.3. The molecule has 0 unspecified atom stereocenters. The lowest BCUT2D eigenvalue weighted by atomic mass is 10.2. The first kappa shape index (κ1) is 11.2. The van der Waals surface area contributed by atoms with Crippen LogP contribution in [0.15, 0.2) is 23.3 Å². The van der Waals surface area contributed by atoms with Crippen molar-refractivity contribution in [1.82, 2.24) is 5.32 Å². The van der Waals surface area contributed by atoms with Gasteiger partial charge in [-0.2, -0.15) is 0 Å². The Morgan fingerprint density at radius 3 is 2.79 bits per heavy atom. The van der Waals surface area contributed by atoms with E-state index in [0.717, 1.165) is 11.4 Å². The van der Waals surface area contributed by atoms with Gasteiger partial charge >= 0.3 is 6.09 Å². The summed E-state index contributed by atoms with van der Waals surface area (Å²) in [5.74, 6) is 0.787. The van der Waals surface area contributed by atoms with E-state index in [1.54, 1.807) is 11.8 Å². The topological polar surface area (TPSA) is 38.3 Å². The van der Waals surface area contributed by atoms with Crippen molar-refractivity contribution < 1.29 is 9.53 Å². The Labute approximate surface area is 88.6 Å². The van der Waals surface area contributed by atoms with Gasteiger partial charge in [0.25, 0.3) is 0 Å². The van der Waals surface area contributed by atoms with Crippen LogP contribution in [0.3, 0.4) is 0 Å². The molecule has 1 aliphatic rings. The standard InChI is InChI=1S/C10H15NO2S/c1-10(2,3)13-9(12)11-8-5-4-6-14-7-8/h4-6H,7H2,1-3H3,(H,11,12). The monoisotopic (exact) mass is 213 g/mol. The molecule has 1 amide bonds. The highest BCUT2D eigenvalue weighted by Crippen LogP contribution is 2.14. The van der Waals surface area contributed by atoms with Gasteiger partial charge < -0.3 is 4.74 Å². The number of thioether (sulfide) groups is 1. The molecule has 1 rings (SSSR count). The van der Waals surface area contributed by atoms with E-state index in [1.165, 1.54) is 0 Å². The summed E-state index contributed by atoms with van der Waals surface area (Å²) in [7, 11) is 0. The first-order valence-corrected chi connectivity index (χ1v) is 5.49. The number of allylic oxidation sites excluding steroid dienone is 2. The van der Waals surface area contributed by atoms with Gasteiger partial charge in [0.15, 0.2) is 0 Å². The van der Waals surface area contributed by atoms with Crippen molar-refractivity contribution in [3.05, 3.63) is 23.3 Å². The minimum Gasteiger partial charge on any atom is -0.444 e. The predicted molar refractivity (Wildman–Crippen MR) is 59.1 cm³/mol. The fraction of sp³-hybridized carbons (Fsp3) is 0.500. The van der Waals surface area contributed by atoms with Crippen LogP contribution in [0.1, 0.15) is 20.8 Å². The Bertz CT molecular complexity index is 276. The first-order chi connectivity index (χ1) is 6.47. The average Bonchev–Trinajstić information content (AvgIpc) is 2.02. The number of ether oxygens (including phenoxy) is 1. The summed E-state index contributed by atoms with van der Waals surface area (Å²) in [5, 5.41) is 4.69. The molecular weight excluding hydrogens is 198 g/mol. The smallest absolute Gasteiger partial charge is 0.411 e. The number of nitrogens with one attached hydrogen (secondary N) is 1. The van der Waals surface area contributed by atoms with Crippen LogP contribution in [-0.2, 0) is 4.74 Å². The number of amides is 1. The van der Waals surface area contributed by atoms with Gasteiger partial charge in [-0.25, -0.2) is 4.79 Å². The molecule has 1 heterocycles. The number of carbonyl (C=O) groups is 1. The van der Waals surface area contributed by atoms with Gasteiger partial charge in [0, 0.05) is 11.4 Å². The van der Waals surface area contributed by atoms with Crippen LogP contribution in [-0.4, -0.2) is 17.4 Å². The van der Waals surface area contributed by atoms with Gasteiger partial charge in [-0.05, 0) is 32.3 Å². The molecule has 4 heteroatoms. The molecule has 0 saturated carbocycles. The van der Waals surface area contributed by atoms with E-state index in [0.29, 0.717) is 0 Å². The van der Waals surface area contributed by atoms with Gasteiger partial charge in [0.2, 0.25) is 0 Å². The quantitative estimate of drug-likeness (QED) is 0.727. The molecule has 0 aromatic rings. The van der Waals surface area contributed by atoms with E-state index in [4.69, 9.17) is 4.74 Å². The van der Waals surface area contributed by atoms with Gasteiger partial charge in [-0.1, -0.05) is 6.08 Å². The summed E-state index contributed by atoms with van der Waals surface area (Å²) < 4.78 is 5.12. The average molecular weight is 213 g/mol. The first-order valence-electron chi connectivity index (χ1n) is 4.45. The second-order valence-electron chi connectivity index (χ2n) is 3.96. The van der Waals surface area contributed by atoms with E-state index < -0.39 is 5.60 Å². The third kappa shape index (κ3) is 4.37. The molecule has 0 bridgehead atoms. The number of alkyl carbamates (subject to hydrolysis) is 1. The second-order valence-corrected chi connectivity index (χ2v) is 4.85. The summed E-state index contributed by atoms with van der Waals surface area (Å²) in [5.41, 5.74) is 0.439. The van der Waals surface area contributed by atoms with E-state index in [1.807, 2.05) is 38.3 Å². The fourth-order valence-corrected chi connectivity index (χ4v) is 1.54. The maximum Gasteiger partial charge on any atom is 0.411 e. The molecule has 0 fully saturated rings. The van der Waals surface area contributed by atoms with E-state index in [9.17, 15) is 4.79 Å². The lowest BCUT2D eigenvalue weighted by molar-refractivity contribution is 0.0546. The van der Waals surface area contributed by atoms with Gasteiger partial charge in [0.05, 0.1) is 0 Å². The summed E-state index contributed by atoms with van der Waals surface area (Å²) in [6.07, 6.45) is 3.39. The lowest BCUT2D eigenvalue weighted by Crippen LogP contribution is -2.32. The van der Waals surface area contributed by atoms with E-state index in [-0.39, 0.29) is 6.09 Å². The zero-order chi connectivity index (χ0) is 10.6. The Hall–Kier alpha value is -0.900. The number of rotatable bonds is 1. The Morgan fingerprint density at radius 2 is 2.29 bits per heavy atom. The second kappa shape index (κ2) is 4.55. The van der Waals surface area contributed by atoms with Gasteiger partial charge in [-0.3, -0.25) is 5.32 Å². The molecule has 0 atom stereocenters. The van der Waals surface area contributed by atoms with Crippen molar-refractivity contribution in [2.24, 2.45) is 0 Å². The number of hydrogen-bond acceptors (Lipinski definition) is 3. The van der Waals surface area contributed by atoms with Gasteiger partial charge in [-0.15, -0.1) is 11.8 Å². The van der Waals surface area contributed by atoms with Crippen molar-refractivity contribution in [1.29, 1.82) is 0 Å². The minimum atomic E-state index is -0.442. The Morgan fingerprint density at radius 1 is 1.57 bits per heavy atom. The van der Waals surface area contributed by atoms with Crippen LogP contribution in [0.4, 0.5) is 4.79 Å². The molecule has 1 N–H and O–H groups in total. The molecule has 78 valence electrons. The SMILES string of the molecule is CC(C)(C)OC(=O)NC1=CC=CSC1. The molecule has 1 aliphatic heterocycles. The summed E-state index contributed by atoms with van der Waals surface area (Å²) in [4.78, 5) is 11.3. The zero-order valence-corrected chi connectivity index (χ0v) is 9.48. The van der Waals surface area contributed by atoms with E-state index in [2.05, 4.69) is 5.32 Å². The van der Waals surface area contributed by atoms with Crippen LogP contribution >= 0.6 is 11.8 Å². The van der Waals surface area contributed by atoms with Crippen LogP contribution in [0.2, 0.25) is 0 Å². The highest BCUT2D eigenvalue weighted by Gasteiger charge is 2.16. The molecule has 0 aliphatic carbocycles. The van der Waals surface area contributed by atoms with Crippen molar-refractivity contribution in [2.75, 3.05) is 5.75 Å². The molecule has 0 saturated heterocycles. The van der Waals surface area contributed by atoms with Gasteiger partial charge in [0.1, 0.15) is 5.60 Å². The Kier molecular flexibility index (Phi) is 3.63. The summed E-state index contributed by atoms with van der Waals surface area (Å²) in [6, 6.07) is 0. The zero-order valence-electron chi connectivity index (χ0n) is 8.66. The predicted octanol–water partition coefficient (Wildman–Crippen LogP) is 2.66. The summed E-state index contributed by atoms with van der Waals surface area (Å²) >= 11 is 1.64. The maximum absolute atomic E-state index is 11.3. The Balaban J connectivity index is 2.41. The van der Waals surface area contributed by atoms with Crippen molar-refractivity contribution in [3.8, 4) is 0 Å². The lowest BCUT2D eigenvalue weighted by Gasteiger charge is -2.20. The van der Waals surface area contributed by atoms with Crippen LogP contribution in [0, 0.1) is 0 Å². The third-order valence-electron chi connectivity index (χ3n) is 1.37. The minimum absolute atomic E-state index is 0.389. The van der Waals surface area contributed by atoms with E-state index >= 15 is 0 Å². The molecule has 0 aromatic carbocycles. The van der Waals surface area contributed by atoms with Crippen molar-refractivity contribution >= 4 is 17.9 Å². The van der Waals surface area contributed by atoms with Crippen LogP contribution in [0.25, 0.3) is 0 Å². The highest BCUT2D eigenvalue weighted by molar-refractivity contribution is 8.02. The molecular formula is C10H15NO2S. The fourth-order valence-electron chi connectivity index (χ4n) is 0.909. The molecule has 0 radical (unpaired) electrons. The third-order valence-corrected chi connectivity index (χ3v) is 2.20. The number of hydrogen-bond donors (Lipinski definition) is 1.